The first kappa shape index (κ1) is 13.2. The summed E-state index contributed by atoms with van der Waals surface area (Å²) < 4.78 is 3.26. The van der Waals surface area contributed by atoms with E-state index in [1.165, 1.54) is 5.56 Å². The summed E-state index contributed by atoms with van der Waals surface area (Å²) in [5, 5.41) is 4.27. The van der Waals surface area contributed by atoms with Gasteiger partial charge in [0.25, 0.3) is 0 Å². The summed E-state index contributed by atoms with van der Waals surface area (Å²) in [5.41, 5.74) is 3.39. The second kappa shape index (κ2) is 5.27. The minimum Gasteiger partial charge on any atom is -0.320 e. The molecule has 2 heterocycles. The third-order valence-electron chi connectivity index (χ3n) is 3.26. The zero-order chi connectivity index (χ0) is 13.4. The van der Waals surface area contributed by atoms with Gasteiger partial charge in [-0.15, -0.1) is 11.6 Å². The molecule has 1 aromatic carbocycles. The van der Waals surface area contributed by atoms with E-state index in [0.717, 1.165) is 21.3 Å². The van der Waals surface area contributed by atoms with Crippen LogP contribution in [0, 0.1) is 0 Å². The number of aromatic nitrogens is 2. The van der Waals surface area contributed by atoms with Gasteiger partial charge < -0.3 is 4.57 Å². The van der Waals surface area contributed by atoms with E-state index >= 15 is 0 Å². The number of hydrogen-bond acceptors (Lipinski definition) is 2. The minimum absolute atomic E-state index is 0.242. The Kier molecular flexibility index (Phi) is 3.65. The van der Waals surface area contributed by atoms with Gasteiger partial charge in [-0.3, -0.25) is 0 Å². The summed E-state index contributed by atoms with van der Waals surface area (Å²) in [6, 6.07) is 8.55. The maximum atomic E-state index is 6.06. The van der Waals surface area contributed by atoms with Gasteiger partial charge in [0.05, 0.1) is 23.0 Å². The standard InChI is InChI=1S/C14H12BrClN2S/c1-9(10-4-5-19-8-10)18-13-3-2-11(15)6-12(13)17-14(18)7-16/h2-6,8-9H,7H2,1H3. The lowest BCUT2D eigenvalue weighted by atomic mass is 10.1. The first-order valence-electron chi connectivity index (χ1n) is 5.95. The van der Waals surface area contributed by atoms with Crippen molar-refractivity contribution >= 4 is 49.9 Å². The van der Waals surface area contributed by atoms with Crippen molar-refractivity contribution in [2.45, 2.75) is 18.8 Å². The summed E-state index contributed by atoms with van der Waals surface area (Å²) in [5.74, 6) is 1.33. The summed E-state index contributed by atoms with van der Waals surface area (Å²) in [6.07, 6.45) is 0. The van der Waals surface area contributed by atoms with E-state index in [4.69, 9.17) is 11.6 Å². The fraction of sp³-hybridized carbons (Fsp3) is 0.214. The molecule has 5 heteroatoms. The van der Waals surface area contributed by atoms with Gasteiger partial charge in [0.2, 0.25) is 0 Å². The first-order chi connectivity index (χ1) is 9.20. The number of alkyl halides is 1. The van der Waals surface area contributed by atoms with Gasteiger partial charge in [-0.05, 0) is 47.5 Å². The molecule has 0 saturated carbocycles. The monoisotopic (exact) mass is 354 g/mol. The van der Waals surface area contributed by atoms with E-state index in [-0.39, 0.29) is 6.04 Å². The van der Waals surface area contributed by atoms with Crippen LogP contribution in [0.4, 0.5) is 0 Å². The van der Waals surface area contributed by atoms with Gasteiger partial charge in [-0.25, -0.2) is 4.98 Å². The third kappa shape index (κ3) is 2.33. The molecule has 2 aromatic heterocycles. The van der Waals surface area contributed by atoms with E-state index in [1.807, 2.05) is 12.1 Å². The summed E-state index contributed by atoms with van der Waals surface area (Å²) in [6.45, 7) is 2.18. The lowest BCUT2D eigenvalue weighted by Gasteiger charge is -2.16. The van der Waals surface area contributed by atoms with Crippen molar-refractivity contribution in [2.75, 3.05) is 0 Å². The van der Waals surface area contributed by atoms with Crippen LogP contribution in [0.1, 0.15) is 24.4 Å². The first-order valence-corrected chi connectivity index (χ1v) is 8.22. The molecule has 1 atom stereocenters. The Morgan fingerprint density at radius 2 is 2.26 bits per heavy atom. The van der Waals surface area contributed by atoms with E-state index in [9.17, 15) is 0 Å². The predicted octanol–water partition coefficient (Wildman–Crippen LogP) is 5.21. The molecule has 0 saturated heterocycles. The molecule has 0 aliphatic rings. The number of imidazole rings is 1. The normalized spacial score (nSPS) is 13.0. The Morgan fingerprint density at radius 3 is 2.95 bits per heavy atom. The van der Waals surface area contributed by atoms with Gasteiger partial charge in [0.1, 0.15) is 5.82 Å². The Morgan fingerprint density at radius 1 is 1.42 bits per heavy atom. The van der Waals surface area contributed by atoms with E-state index < -0.39 is 0 Å². The number of rotatable bonds is 3. The average molecular weight is 356 g/mol. The quantitative estimate of drug-likeness (QED) is 0.590. The number of nitrogens with zero attached hydrogens (tertiary/aromatic N) is 2. The van der Waals surface area contributed by atoms with Gasteiger partial charge in [0, 0.05) is 4.47 Å². The van der Waals surface area contributed by atoms with Crippen LogP contribution in [0.5, 0.6) is 0 Å². The highest BCUT2D eigenvalue weighted by molar-refractivity contribution is 9.10. The molecule has 3 aromatic rings. The zero-order valence-corrected chi connectivity index (χ0v) is 13.5. The lowest BCUT2D eigenvalue weighted by Crippen LogP contribution is -2.09. The number of hydrogen-bond donors (Lipinski definition) is 0. The van der Waals surface area contributed by atoms with Crippen molar-refractivity contribution in [1.82, 2.24) is 9.55 Å². The maximum Gasteiger partial charge on any atom is 0.125 e. The van der Waals surface area contributed by atoms with Crippen LogP contribution < -0.4 is 0 Å². The second-order valence-electron chi connectivity index (χ2n) is 4.40. The van der Waals surface area contributed by atoms with E-state index in [0.29, 0.717) is 5.88 Å². The van der Waals surface area contributed by atoms with Crippen molar-refractivity contribution in [3.63, 3.8) is 0 Å². The Balaban J connectivity index is 2.21. The van der Waals surface area contributed by atoms with Crippen molar-refractivity contribution < 1.29 is 0 Å². The van der Waals surface area contributed by atoms with Crippen LogP contribution in [0.2, 0.25) is 0 Å². The molecule has 0 aliphatic heterocycles. The molecule has 0 bridgehead atoms. The second-order valence-corrected chi connectivity index (χ2v) is 6.36. The number of fused-ring (bicyclic) bond motifs is 1. The molecule has 0 radical (unpaired) electrons. The number of benzene rings is 1. The molecule has 19 heavy (non-hydrogen) atoms. The molecule has 0 amide bonds. The highest BCUT2D eigenvalue weighted by atomic mass is 79.9. The van der Waals surface area contributed by atoms with Crippen LogP contribution in [-0.4, -0.2) is 9.55 Å². The predicted molar refractivity (Wildman–Crippen MR) is 85.1 cm³/mol. The molecular weight excluding hydrogens is 344 g/mol. The Labute approximate surface area is 129 Å². The van der Waals surface area contributed by atoms with Gasteiger partial charge >= 0.3 is 0 Å². The van der Waals surface area contributed by atoms with Crippen LogP contribution in [0.3, 0.4) is 0 Å². The number of thiophene rings is 1. The molecule has 3 rings (SSSR count). The van der Waals surface area contributed by atoms with Crippen LogP contribution >= 0.6 is 38.9 Å². The van der Waals surface area contributed by atoms with Gasteiger partial charge in [-0.1, -0.05) is 15.9 Å². The molecule has 0 N–H and O–H groups in total. The van der Waals surface area contributed by atoms with E-state index in [2.05, 4.69) is 55.3 Å². The minimum atomic E-state index is 0.242. The fourth-order valence-electron chi connectivity index (χ4n) is 2.31. The van der Waals surface area contributed by atoms with E-state index in [1.54, 1.807) is 11.3 Å². The largest absolute Gasteiger partial charge is 0.320 e. The van der Waals surface area contributed by atoms with Crippen molar-refractivity contribution in [2.24, 2.45) is 0 Å². The number of halogens is 2. The smallest absolute Gasteiger partial charge is 0.125 e. The summed E-state index contributed by atoms with van der Waals surface area (Å²) >= 11 is 11.3. The lowest BCUT2D eigenvalue weighted by molar-refractivity contribution is 0.636. The highest BCUT2D eigenvalue weighted by Gasteiger charge is 2.17. The zero-order valence-electron chi connectivity index (χ0n) is 10.3. The highest BCUT2D eigenvalue weighted by Crippen LogP contribution is 2.29. The molecule has 2 nitrogen and oxygen atoms in total. The molecule has 0 aliphatic carbocycles. The molecule has 98 valence electrons. The van der Waals surface area contributed by atoms with Crippen molar-refractivity contribution in [3.05, 3.63) is 50.9 Å². The summed E-state index contributed by atoms with van der Waals surface area (Å²) in [4.78, 5) is 4.63. The van der Waals surface area contributed by atoms with Crippen molar-refractivity contribution in [1.29, 1.82) is 0 Å². The van der Waals surface area contributed by atoms with Gasteiger partial charge in [0.15, 0.2) is 0 Å². The molecule has 0 spiro atoms. The Bertz CT molecular complexity index is 706. The Hall–Kier alpha value is -0.840. The molecule has 1 unspecified atom stereocenters. The fourth-order valence-corrected chi connectivity index (χ4v) is 3.59. The SMILES string of the molecule is CC(c1ccsc1)n1c(CCl)nc2cc(Br)ccc21. The van der Waals surface area contributed by atoms with Crippen LogP contribution in [0.25, 0.3) is 11.0 Å². The topological polar surface area (TPSA) is 17.8 Å². The average Bonchev–Trinajstić information content (AvgIpc) is 3.04. The van der Waals surface area contributed by atoms with Crippen molar-refractivity contribution in [3.8, 4) is 0 Å². The molecular formula is C14H12BrClN2S. The maximum absolute atomic E-state index is 6.06. The summed E-state index contributed by atoms with van der Waals surface area (Å²) in [7, 11) is 0. The molecule has 0 fully saturated rings. The van der Waals surface area contributed by atoms with Crippen LogP contribution in [-0.2, 0) is 5.88 Å². The van der Waals surface area contributed by atoms with Gasteiger partial charge in [-0.2, -0.15) is 11.3 Å². The third-order valence-corrected chi connectivity index (χ3v) is 4.69. The van der Waals surface area contributed by atoms with Crippen LogP contribution in [0.15, 0.2) is 39.5 Å².